The van der Waals surface area contributed by atoms with Crippen LogP contribution in [0.2, 0.25) is 0 Å². The predicted molar refractivity (Wildman–Crippen MR) is 65.6 cm³/mol. The molecule has 1 N–H and O–H groups in total. The summed E-state index contributed by atoms with van der Waals surface area (Å²) >= 11 is 0. The molecule has 4 nitrogen and oxygen atoms in total. The van der Waals surface area contributed by atoms with Gasteiger partial charge in [-0.2, -0.15) is 5.26 Å². The molecule has 0 saturated carbocycles. The van der Waals surface area contributed by atoms with Gasteiger partial charge in [0.15, 0.2) is 0 Å². The van der Waals surface area contributed by atoms with Crippen molar-refractivity contribution in [3.8, 4) is 6.07 Å². The van der Waals surface area contributed by atoms with Crippen LogP contribution in [0.1, 0.15) is 31.4 Å². The van der Waals surface area contributed by atoms with Crippen molar-refractivity contribution in [3.63, 3.8) is 0 Å². The monoisotopic (exact) mass is 231 g/mol. The number of hydrogen-bond donors (Lipinski definition) is 1. The van der Waals surface area contributed by atoms with Crippen molar-refractivity contribution in [2.24, 2.45) is 0 Å². The third kappa shape index (κ3) is 2.75. The number of aliphatic hydroxyl groups excluding tert-OH is 1. The van der Waals surface area contributed by atoms with Gasteiger partial charge in [-0.05, 0) is 25.0 Å². The summed E-state index contributed by atoms with van der Waals surface area (Å²) in [5.74, 6) is 0. The predicted octanol–water partition coefficient (Wildman–Crippen LogP) is 1.69. The van der Waals surface area contributed by atoms with Crippen LogP contribution in [0.3, 0.4) is 0 Å². The van der Waals surface area contributed by atoms with Gasteiger partial charge in [-0.15, -0.1) is 0 Å². The Morgan fingerprint density at radius 2 is 2.29 bits per heavy atom. The van der Waals surface area contributed by atoms with E-state index in [9.17, 15) is 5.11 Å². The van der Waals surface area contributed by atoms with Crippen LogP contribution in [-0.4, -0.2) is 29.3 Å². The average molecular weight is 231 g/mol. The van der Waals surface area contributed by atoms with Crippen LogP contribution in [0.15, 0.2) is 18.3 Å². The van der Waals surface area contributed by atoms with Crippen molar-refractivity contribution >= 4 is 5.69 Å². The highest BCUT2D eigenvalue weighted by Crippen LogP contribution is 2.23. The molecule has 1 saturated heterocycles. The number of rotatable bonds is 2. The molecule has 1 aromatic heterocycles. The Morgan fingerprint density at radius 1 is 1.41 bits per heavy atom. The number of hydrogen-bond acceptors (Lipinski definition) is 4. The maximum Gasteiger partial charge on any atom is 0.140 e. The highest BCUT2D eigenvalue weighted by molar-refractivity contribution is 5.47. The molecule has 1 fully saturated rings. The average Bonchev–Trinajstić information content (AvgIpc) is 2.64. The van der Waals surface area contributed by atoms with Gasteiger partial charge in [0.25, 0.3) is 0 Å². The van der Waals surface area contributed by atoms with Crippen molar-refractivity contribution < 1.29 is 5.11 Å². The van der Waals surface area contributed by atoms with Gasteiger partial charge in [0.1, 0.15) is 11.8 Å². The van der Waals surface area contributed by atoms with Gasteiger partial charge in [0.2, 0.25) is 0 Å². The molecular formula is C13H17N3O. The van der Waals surface area contributed by atoms with E-state index >= 15 is 0 Å². The van der Waals surface area contributed by atoms with Crippen LogP contribution in [0.4, 0.5) is 5.69 Å². The summed E-state index contributed by atoms with van der Waals surface area (Å²) in [6.45, 7) is 1.14. The van der Waals surface area contributed by atoms with E-state index in [1.807, 2.05) is 12.1 Å². The van der Waals surface area contributed by atoms with Crippen molar-refractivity contribution in [2.75, 3.05) is 18.1 Å². The van der Waals surface area contributed by atoms with E-state index < -0.39 is 0 Å². The molecule has 90 valence electrons. The Labute approximate surface area is 102 Å². The standard InChI is InChI=1S/C13H17N3O/c14-8-11-5-6-12(9-15-11)16-7-3-1-2-4-13(16)10-17/h5-6,9,13,17H,1-4,7,10H2. The van der Waals surface area contributed by atoms with Gasteiger partial charge in [0, 0.05) is 6.54 Å². The largest absolute Gasteiger partial charge is 0.394 e. The fourth-order valence-corrected chi connectivity index (χ4v) is 2.33. The van der Waals surface area contributed by atoms with E-state index in [4.69, 9.17) is 5.26 Å². The Morgan fingerprint density at radius 3 is 2.94 bits per heavy atom. The third-order valence-corrected chi connectivity index (χ3v) is 3.28. The number of aromatic nitrogens is 1. The number of aliphatic hydroxyl groups is 1. The van der Waals surface area contributed by atoms with E-state index in [0.29, 0.717) is 5.69 Å². The minimum atomic E-state index is 0.181. The maximum atomic E-state index is 9.43. The Balaban J connectivity index is 2.19. The van der Waals surface area contributed by atoms with Crippen molar-refractivity contribution in [3.05, 3.63) is 24.0 Å². The third-order valence-electron chi connectivity index (χ3n) is 3.28. The second-order valence-corrected chi connectivity index (χ2v) is 4.39. The fraction of sp³-hybridized carbons (Fsp3) is 0.538. The van der Waals surface area contributed by atoms with Gasteiger partial charge in [-0.25, -0.2) is 4.98 Å². The first kappa shape index (κ1) is 11.9. The van der Waals surface area contributed by atoms with Gasteiger partial charge in [-0.3, -0.25) is 0 Å². The van der Waals surface area contributed by atoms with Gasteiger partial charge >= 0.3 is 0 Å². The molecule has 1 unspecified atom stereocenters. The molecule has 0 aromatic carbocycles. The van der Waals surface area contributed by atoms with Crippen LogP contribution in [-0.2, 0) is 0 Å². The van der Waals surface area contributed by atoms with Crippen LogP contribution >= 0.6 is 0 Å². The molecule has 0 aliphatic carbocycles. The molecule has 0 radical (unpaired) electrons. The topological polar surface area (TPSA) is 60.2 Å². The van der Waals surface area contributed by atoms with Crippen LogP contribution in [0.5, 0.6) is 0 Å². The van der Waals surface area contributed by atoms with Crippen LogP contribution in [0.25, 0.3) is 0 Å². The lowest BCUT2D eigenvalue weighted by Gasteiger charge is -2.30. The Bertz CT molecular complexity index is 396. The first-order valence-corrected chi connectivity index (χ1v) is 6.09. The zero-order chi connectivity index (χ0) is 12.1. The van der Waals surface area contributed by atoms with Gasteiger partial charge in [0.05, 0.1) is 24.5 Å². The van der Waals surface area contributed by atoms with E-state index in [0.717, 1.165) is 25.1 Å². The number of pyridine rings is 1. The molecule has 17 heavy (non-hydrogen) atoms. The quantitative estimate of drug-likeness (QED) is 0.841. The van der Waals surface area contributed by atoms with Gasteiger partial charge < -0.3 is 10.0 Å². The second-order valence-electron chi connectivity index (χ2n) is 4.39. The fourth-order valence-electron chi connectivity index (χ4n) is 2.33. The van der Waals surface area contributed by atoms with E-state index in [1.54, 1.807) is 12.3 Å². The summed E-state index contributed by atoms with van der Waals surface area (Å²) in [5.41, 5.74) is 1.44. The molecule has 1 atom stereocenters. The molecule has 0 spiro atoms. The lowest BCUT2D eigenvalue weighted by molar-refractivity contribution is 0.255. The minimum absolute atomic E-state index is 0.181. The van der Waals surface area contributed by atoms with Crippen molar-refractivity contribution in [1.29, 1.82) is 5.26 Å². The normalized spacial score (nSPS) is 20.7. The molecule has 2 rings (SSSR count). The highest BCUT2D eigenvalue weighted by Gasteiger charge is 2.20. The van der Waals surface area contributed by atoms with E-state index in [-0.39, 0.29) is 12.6 Å². The van der Waals surface area contributed by atoms with E-state index in [1.165, 1.54) is 12.8 Å². The minimum Gasteiger partial charge on any atom is -0.394 e. The SMILES string of the molecule is N#Cc1ccc(N2CCCCCC2CO)cn1. The zero-order valence-electron chi connectivity index (χ0n) is 9.84. The summed E-state index contributed by atoms with van der Waals surface area (Å²) in [6, 6.07) is 5.85. The lowest BCUT2D eigenvalue weighted by Crippen LogP contribution is -2.37. The lowest BCUT2D eigenvalue weighted by atomic mass is 10.1. The summed E-state index contributed by atoms with van der Waals surface area (Å²) in [4.78, 5) is 6.30. The maximum absolute atomic E-state index is 9.43. The summed E-state index contributed by atoms with van der Waals surface area (Å²) in [7, 11) is 0. The first-order valence-electron chi connectivity index (χ1n) is 6.09. The van der Waals surface area contributed by atoms with E-state index in [2.05, 4.69) is 9.88 Å². The van der Waals surface area contributed by atoms with Crippen LogP contribution in [0, 0.1) is 11.3 Å². The molecule has 2 heterocycles. The Kier molecular flexibility index (Phi) is 3.94. The number of anilines is 1. The van der Waals surface area contributed by atoms with Crippen molar-refractivity contribution in [2.45, 2.75) is 31.7 Å². The van der Waals surface area contributed by atoms with Crippen LogP contribution < -0.4 is 4.90 Å². The number of nitrogens with zero attached hydrogens (tertiary/aromatic N) is 3. The zero-order valence-corrected chi connectivity index (χ0v) is 9.84. The molecule has 0 amide bonds. The first-order chi connectivity index (χ1) is 8.35. The molecular weight excluding hydrogens is 214 g/mol. The molecule has 1 aliphatic heterocycles. The number of nitriles is 1. The smallest absolute Gasteiger partial charge is 0.140 e. The molecule has 1 aromatic rings. The van der Waals surface area contributed by atoms with Gasteiger partial charge in [-0.1, -0.05) is 12.8 Å². The van der Waals surface area contributed by atoms with Crippen molar-refractivity contribution in [1.82, 2.24) is 4.98 Å². The second kappa shape index (κ2) is 5.65. The summed E-state index contributed by atoms with van der Waals surface area (Å²) in [5, 5.41) is 18.1. The highest BCUT2D eigenvalue weighted by atomic mass is 16.3. The molecule has 1 aliphatic rings. The summed E-state index contributed by atoms with van der Waals surface area (Å²) in [6.07, 6.45) is 6.29. The summed E-state index contributed by atoms with van der Waals surface area (Å²) < 4.78 is 0. The Hall–Kier alpha value is -1.60. The molecule has 4 heteroatoms. The molecule has 0 bridgehead atoms.